The Morgan fingerprint density at radius 2 is 1.56 bits per heavy atom. The molecule has 0 aliphatic heterocycles. The number of nitrogens with one attached hydrogen (secondary N) is 1. The summed E-state index contributed by atoms with van der Waals surface area (Å²) in [6.07, 6.45) is -1.87. The van der Waals surface area contributed by atoms with Crippen molar-refractivity contribution in [1.82, 2.24) is 10.4 Å². The minimum absolute atomic E-state index is 0.0384. The van der Waals surface area contributed by atoms with Crippen molar-refractivity contribution in [1.29, 1.82) is 0 Å². The number of hydrazine groups is 1. The third-order valence-electron chi connectivity index (χ3n) is 3.87. The van der Waals surface area contributed by atoms with Crippen molar-refractivity contribution in [2.45, 2.75) is 39.5 Å². The summed E-state index contributed by atoms with van der Waals surface area (Å²) in [5.41, 5.74) is 4.48. The molecule has 6 nitrogen and oxygen atoms in total. The van der Waals surface area contributed by atoms with E-state index in [9.17, 15) is 14.7 Å². The number of nitrogens with zero attached hydrogens (tertiary/aromatic N) is 1. The van der Waals surface area contributed by atoms with Gasteiger partial charge in [-0.3, -0.25) is 4.79 Å². The summed E-state index contributed by atoms with van der Waals surface area (Å²) >= 11 is 0. The maximum absolute atomic E-state index is 12.6. The number of aliphatic hydroxyl groups is 1. The molecule has 1 unspecified atom stereocenters. The highest BCUT2D eigenvalue weighted by Crippen LogP contribution is 2.10. The molecular formula is C21H26N2O4. The molecule has 0 radical (unpaired) electrons. The third-order valence-corrected chi connectivity index (χ3v) is 3.87. The molecule has 0 heterocycles. The second-order valence-corrected chi connectivity index (χ2v) is 6.68. The van der Waals surface area contributed by atoms with Gasteiger partial charge in [0.05, 0.1) is 0 Å². The summed E-state index contributed by atoms with van der Waals surface area (Å²) in [6, 6.07) is 18.5. The van der Waals surface area contributed by atoms with Gasteiger partial charge in [0.2, 0.25) is 0 Å². The molecule has 0 fully saturated rings. The van der Waals surface area contributed by atoms with E-state index in [4.69, 9.17) is 4.74 Å². The van der Waals surface area contributed by atoms with Crippen LogP contribution in [-0.2, 0) is 22.7 Å². The first-order chi connectivity index (χ1) is 13.0. The molecule has 2 amide bonds. The zero-order chi connectivity index (χ0) is 19.6. The van der Waals surface area contributed by atoms with Gasteiger partial charge >= 0.3 is 6.09 Å². The fraction of sp³-hybridized carbons (Fsp3) is 0.333. The van der Waals surface area contributed by atoms with Crippen LogP contribution in [0, 0.1) is 5.92 Å². The average Bonchev–Trinajstić information content (AvgIpc) is 2.67. The van der Waals surface area contributed by atoms with Crippen LogP contribution in [0.4, 0.5) is 4.79 Å². The number of imide groups is 1. The first-order valence-corrected chi connectivity index (χ1v) is 8.97. The van der Waals surface area contributed by atoms with Crippen molar-refractivity contribution in [2.24, 2.45) is 5.92 Å². The van der Waals surface area contributed by atoms with Crippen LogP contribution in [0.2, 0.25) is 0 Å². The lowest BCUT2D eigenvalue weighted by Gasteiger charge is -2.24. The van der Waals surface area contributed by atoms with Gasteiger partial charge in [0.15, 0.2) is 0 Å². The van der Waals surface area contributed by atoms with Gasteiger partial charge in [-0.05, 0) is 23.5 Å². The number of carbonyl (C=O) groups excluding carboxylic acids is 2. The number of carbonyl (C=O) groups is 2. The second kappa shape index (κ2) is 10.4. The SMILES string of the molecule is CC(C)CC(O)C(=O)N(NCc1ccccc1)C(=O)OCc1ccccc1. The number of hydrogen-bond donors (Lipinski definition) is 2. The van der Waals surface area contributed by atoms with E-state index < -0.39 is 18.1 Å². The maximum Gasteiger partial charge on any atom is 0.431 e. The second-order valence-electron chi connectivity index (χ2n) is 6.68. The van der Waals surface area contributed by atoms with Crippen molar-refractivity contribution in [3.05, 3.63) is 71.8 Å². The molecule has 6 heteroatoms. The van der Waals surface area contributed by atoms with E-state index in [1.165, 1.54) is 0 Å². The van der Waals surface area contributed by atoms with Gasteiger partial charge in [-0.1, -0.05) is 74.5 Å². The van der Waals surface area contributed by atoms with Gasteiger partial charge in [0.25, 0.3) is 5.91 Å². The van der Waals surface area contributed by atoms with Crippen molar-refractivity contribution < 1.29 is 19.4 Å². The van der Waals surface area contributed by atoms with Crippen LogP contribution in [-0.4, -0.2) is 28.2 Å². The first-order valence-electron chi connectivity index (χ1n) is 8.97. The van der Waals surface area contributed by atoms with Gasteiger partial charge in [0.1, 0.15) is 12.7 Å². The molecule has 0 bridgehead atoms. The number of aliphatic hydroxyl groups excluding tert-OH is 1. The molecule has 2 aromatic carbocycles. The monoisotopic (exact) mass is 370 g/mol. The lowest BCUT2D eigenvalue weighted by Crippen LogP contribution is -2.51. The van der Waals surface area contributed by atoms with Gasteiger partial charge in [0, 0.05) is 6.54 Å². The molecule has 0 spiro atoms. The molecule has 144 valence electrons. The van der Waals surface area contributed by atoms with Crippen LogP contribution in [0.3, 0.4) is 0 Å². The summed E-state index contributed by atoms with van der Waals surface area (Å²) in [7, 11) is 0. The topological polar surface area (TPSA) is 78.9 Å². The maximum atomic E-state index is 12.6. The van der Waals surface area contributed by atoms with Gasteiger partial charge in [-0.2, -0.15) is 5.01 Å². The van der Waals surface area contributed by atoms with Crippen LogP contribution in [0.25, 0.3) is 0 Å². The standard InChI is InChI=1S/C21H26N2O4/c1-16(2)13-19(24)20(25)23(22-14-17-9-5-3-6-10-17)21(26)27-15-18-11-7-4-8-12-18/h3-12,16,19,22,24H,13-15H2,1-2H3. The number of ether oxygens (including phenoxy) is 1. The van der Waals surface area contributed by atoms with Gasteiger partial charge in [-0.25, -0.2) is 10.2 Å². The first kappa shape index (κ1) is 20.6. The normalized spacial score (nSPS) is 11.9. The molecule has 2 aromatic rings. The van der Waals surface area contributed by atoms with E-state index >= 15 is 0 Å². The van der Waals surface area contributed by atoms with E-state index in [2.05, 4.69) is 5.43 Å². The Bertz CT molecular complexity index is 719. The van der Waals surface area contributed by atoms with E-state index in [0.717, 1.165) is 16.1 Å². The largest absolute Gasteiger partial charge is 0.443 e. The molecule has 0 aliphatic rings. The smallest absolute Gasteiger partial charge is 0.431 e. The molecule has 0 aromatic heterocycles. The Balaban J connectivity index is 2.04. The van der Waals surface area contributed by atoms with E-state index in [-0.39, 0.29) is 25.5 Å². The molecule has 2 rings (SSSR count). The summed E-state index contributed by atoms with van der Waals surface area (Å²) in [4.78, 5) is 25.0. The quantitative estimate of drug-likeness (QED) is 0.697. The van der Waals surface area contributed by atoms with Gasteiger partial charge in [-0.15, -0.1) is 0 Å². The highest BCUT2D eigenvalue weighted by atomic mass is 16.6. The molecule has 0 saturated heterocycles. The van der Waals surface area contributed by atoms with E-state index in [1.54, 1.807) is 0 Å². The van der Waals surface area contributed by atoms with E-state index in [1.807, 2.05) is 74.5 Å². The third kappa shape index (κ3) is 6.84. The summed E-state index contributed by atoms with van der Waals surface area (Å²) < 4.78 is 5.25. The van der Waals surface area contributed by atoms with Crippen LogP contribution in [0.15, 0.2) is 60.7 Å². The summed E-state index contributed by atoms with van der Waals surface area (Å²) in [6.45, 7) is 4.08. The van der Waals surface area contributed by atoms with Crippen LogP contribution in [0.1, 0.15) is 31.4 Å². The van der Waals surface area contributed by atoms with E-state index in [0.29, 0.717) is 0 Å². The summed E-state index contributed by atoms with van der Waals surface area (Å²) in [5, 5.41) is 10.9. The van der Waals surface area contributed by atoms with Crippen LogP contribution < -0.4 is 5.43 Å². The fourth-order valence-corrected chi connectivity index (χ4v) is 2.48. The Kier molecular flexibility index (Phi) is 7.98. The Hall–Kier alpha value is -2.70. The van der Waals surface area contributed by atoms with Crippen molar-refractivity contribution in [2.75, 3.05) is 0 Å². The molecule has 0 aliphatic carbocycles. The van der Waals surface area contributed by atoms with Crippen LogP contribution >= 0.6 is 0 Å². The molecular weight excluding hydrogens is 344 g/mol. The summed E-state index contributed by atoms with van der Waals surface area (Å²) in [5.74, 6) is -0.613. The van der Waals surface area contributed by atoms with Crippen LogP contribution in [0.5, 0.6) is 0 Å². The molecule has 0 saturated carbocycles. The average molecular weight is 370 g/mol. The number of rotatable bonds is 8. The Morgan fingerprint density at radius 3 is 2.11 bits per heavy atom. The lowest BCUT2D eigenvalue weighted by molar-refractivity contribution is -0.142. The molecule has 1 atom stereocenters. The van der Waals surface area contributed by atoms with Crippen molar-refractivity contribution in [3.8, 4) is 0 Å². The predicted octanol–water partition coefficient (Wildman–Crippen LogP) is 3.26. The zero-order valence-electron chi connectivity index (χ0n) is 15.7. The molecule has 2 N–H and O–H groups in total. The minimum atomic E-state index is -1.28. The van der Waals surface area contributed by atoms with Gasteiger partial charge < -0.3 is 9.84 Å². The zero-order valence-corrected chi connectivity index (χ0v) is 15.7. The predicted molar refractivity (Wildman–Crippen MR) is 102 cm³/mol. The molecule has 27 heavy (non-hydrogen) atoms. The van der Waals surface area contributed by atoms with Crippen molar-refractivity contribution >= 4 is 12.0 Å². The highest BCUT2D eigenvalue weighted by molar-refractivity contribution is 5.93. The Morgan fingerprint density at radius 1 is 1.00 bits per heavy atom. The highest BCUT2D eigenvalue weighted by Gasteiger charge is 2.29. The fourth-order valence-electron chi connectivity index (χ4n) is 2.48. The Labute approximate surface area is 159 Å². The van der Waals surface area contributed by atoms with Crippen molar-refractivity contribution in [3.63, 3.8) is 0 Å². The number of amides is 2. The number of hydrogen-bond acceptors (Lipinski definition) is 5. The minimum Gasteiger partial charge on any atom is -0.443 e. The lowest BCUT2D eigenvalue weighted by atomic mass is 10.1. The number of benzene rings is 2.